The summed E-state index contributed by atoms with van der Waals surface area (Å²) < 4.78 is 0. The fourth-order valence-electron chi connectivity index (χ4n) is 3.31. The summed E-state index contributed by atoms with van der Waals surface area (Å²) in [6, 6.07) is 14.9. The summed E-state index contributed by atoms with van der Waals surface area (Å²) in [5.41, 5.74) is 1.96. The second-order valence-electron chi connectivity index (χ2n) is 8.08. The van der Waals surface area contributed by atoms with Gasteiger partial charge in [-0.05, 0) is 42.0 Å². The Morgan fingerprint density at radius 1 is 1.03 bits per heavy atom. The van der Waals surface area contributed by atoms with Crippen molar-refractivity contribution in [3.05, 3.63) is 69.7 Å². The van der Waals surface area contributed by atoms with Gasteiger partial charge in [-0.2, -0.15) is 0 Å². The van der Waals surface area contributed by atoms with Gasteiger partial charge in [-0.25, -0.2) is 0 Å². The Kier molecular flexibility index (Phi) is 11.4. The van der Waals surface area contributed by atoms with Crippen LogP contribution in [0.5, 0.6) is 0 Å². The number of thioether (sulfide) groups is 1. The molecule has 4 nitrogen and oxygen atoms in total. The largest absolute Gasteiger partial charge is 0.354 e. The van der Waals surface area contributed by atoms with E-state index in [0.717, 1.165) is 11.1 Å². The van der Waals surface area contributed by atoms with Gasteiger partial charge in [0.1, 0.15) is 6.04 Å². The van der Waals surface area contributed by atoms with Crippen molar-refractivity contribution < 1.29 is 9.59 Å². The van der Waals surface area contributed by atoms with E-state index < -0.39 is 6.04 Å². The summed E-state index contributed by atoms with van der Waals surface area (Å²) in [5, 5.41) is 4.18. The number of halogens is 2. The van der Waals surface area contributed by atoms with Crippen molar-refractivity contribution >= 4 is 46.8 Å². The van der Waals surface area contributed by atoms with Gasteiger partial charge in [-0.3, -0.25) is 9.59 Å². The van der Waals surface area contributed by atoms with E-state index in [1.54, 1.807) is 23.1 Å². The van der Waals surface area contributed by atoms with Crippen molar-refractivity contribution in [2.24, 2.45) is 5.92 Å². The topological polar surface area (TPSA) is 49.4 Å². The van der Waals surface area contributed by atoms with E-state index in [-0.39, 0.29) is 17.6 Å². The lowest BCUT2D eigenvalue weighted by Gasteiger charge is -2.31. The number of benzene rings is 2. The molecule has 2 aromatic rings. The lowest BCUT2D eigenvalue weighted by atomic mass is 10.1. The average molecular weight is 496 g/mol. The predicted molar refractivity (Wildman–Crippen MR) is 136 cm³/mol. The molecule has 0 radical (unpaired) electrons. The number of nitrogens with zero attached hydrogens (tertiary/aromatic N) is 1. The predicted octanol–water partition coefficient (Wildman–Crippen LogP) is 5.85. The van der Waals surface area contributed by atoms with Gasteiger partial charge < -0.3 is 10.2 Å². The zero-order chi connectivity index (χ0) is 23.5. The second-order valence-corrected chi connectivity index (χ2v) is 9.88. The van der Waals surface area contributed by atoms with Crippen LogP contribution in [0, 0.1) is 5.92 Å². The molecule has 0 aliphatic carbocycles. The molecule has 0 heterocycles. The molecule has 0 aliphatic rings. The van der Waals surface area contributed by atoms with Crippen molar-refractivity contribution in [1.29, 1.82) is 0 Å². The van der Waals surface area contributed by atoms with Crippen LogP contribution in [0.25, 0.3) is 0 Å². The summed E-state index contributed by atoms with van der Waals surface area (Å²) in [6.07, 6.45) is 1.26. The monoisotopic (exact) mass is 494 g/mol. The Balaban J connectivity index is 2.08. The van der Waals surface area contributed by atoms with Gasteiger partial charge in [-0.1, -0.05) is 80.4 Å². The summed E-state index contributed by atoms with van der Waals surface area (Å²) in [5.74, 6) is 0.987. The lowest BCUT2D eigenvalue weighted by molar-refractivity contribution is -0.138. The van der Waals surface area contributed by atoms with E-state index >= 15 is 0 Å². The van der Waals surface area contributed by atoms with Crippen LogP contribution in [-0.2, 0) is 21.8 Å². The first-order valence-electron chi connectivity index (χ1n) is 10.9. The highest BCUT2D eigenvalue weighted by Gasteiger charge is 2.28. The maximum absolute atomic E-state index is 13.2. The normalized spacial score (nSPS) is 11.9. The van der Waals surface area contributed by atoms with Crippen molar-refractivity contribution in [1.82, 2.24) is 10.2 Å². The van der Waals surface area contributed by atoms with E-state index in [1.807, 2.05) is 37.3 Å². The minimum absolute atomic E-state index is 0.0549. The maximum atomic E-state index is 13.2. The molecule has 1 N–H and O–H groups in total. The SMILES string of the molecule is CC[C@@H](C(=O)NCC(C)C)N(CCc1ccccc1)C(=O)CSCc1c(Cl)cccc1Cl. The number of hydrogen-bond acceptors (Lipinski definition) is 3. The fraction of sp³-hybridized carbons (Fsp3) is 0.440. The molecule has 174 valence electrons. The lowest BCUT2D eigenvalue weighted by Crippen LogP contribution is -2.51. The minimum Gasteiger partial charge on any atom is -0.354 e. The van der Waals surface area contributed by atoms with Crippen molar-refractivity contribution in [2.75, 3.05) is 18.8 Å². The molecule has 0 spiro atoms. The van der Waals surface area contributed by atoms with Crippen LogP contribution in [0.3, 0.4) is 0 Å². The van der Waals surface area contributed by atoms with Crippen LogP contribution in [-0.4, -0.2) is 41.6 Å². The van der Waals surface area contributed by atoms with Crippen molar-refractivity contribution in [3.63, 3.8) is 0 Å². The zero-order valence-electron chi connectivity index (χ0n) is 18.9. The van der Waals surface area contributed by atoms with Gasteiger partial charge in [-0.15, -0.1) is 11.8 Å². The maximum Gasteiger partial charge on any atom is 0.242 e. The third kappa shape index (κ3) is 8.34. The molecule has 0 saturated carbocycles. The summed E-state index contributed by atoms with van der Waals surface area (Å²) >= 11 is 14.0. The van der Waals surface area contributed by atoms with Crippen LogP contribution in [0.15, 0.2) is 48.5 Å². The van der Waals surface area contributed by atoms with Crippen LogP contribution >= 0.6 is 35.0 Å². The van der Waals surface area contributed by atoms with Gasteiger partial charge in [0.25, 0.3) is 0 Å². The highest BCUT2D eigenvalue weighted by molar-refractivity contribution is 7.99. The van der Waals surface area contributed by atoms with E-state index in [2.05, 4.69) is 19.2 Å². The van der Waals surface area contributed by atoms with E-state index in [1.165, 1.54) is 11.8 Å². The number of hydrogen-bond donors (Lipinski definition) is 1. The third-order valence-electron chi connectivity index (χ3n) is 5.09. The molecule has 32 heavy (non-hydrogen) atoms. The van der Waals surface area contributed by atoms with Gasteiger partial charge in [0.2, 0.25) is 11.8 Å². The molecule has 1 atom stereocenters. The molecule has 2 aromatic carbocycles. The van der Waals surface area contributed by atoms with Gasteiger partial charge in [0, 0.05) is 28.9 Å². The first-order chi connectivity index (χ1) is 15.3. The zero-order valence-corrected chi connectivity index (χ0v) is 21.3. The number of carbonyl (C=O) groups is 2. The van der Waals surface area contributed by atoms with E-state index in [0.29, 0.717) is 47.6 Å². The fourth-order valence-corrected chi connectivity index (χ4v) is 4.96. The average Bonchev–Trinajstić information content (AvgIpc) is 2.77. The van der Waals surface area contributed by atoms with Crippen LogP contribution < -0.4 is 5.32 Å². The highest BCUT2D eigenvalue weighted by atomic mass is 35.5. The Morgan fingerprint density at radius 2 is 1.69 bits per heavy atom. The summed E-state index contributed by atoms with van der Waals surface area (Å²) in [4.78, 5) is 27.8. The summed E-state index contributed by atoms with van der Waals surface area (Å²) in [6.45, 7) is 7.13. The van der Waals surface area contributed by atoms with Gasteiger partial charge in [0.05, 0.1) is 5.75 Å². The standard InChI is InChI=1S/C25H32Cl2N2O2S/c1-4-23(25(31)28-15-18(2)3)29(14-13-19-9-6-5-7-10-19)24(30)17-32-16-20-21(26)11-8-12-22(20)27/h5-12,18,23H,4,13-17H2,1-3H3,(H,28,31)/t23-/m0/s1. The first-order valence-corrected chi connectivity index (χ1v) is 12.9. The van der Waals surface area contributed by atoms with Crippen molar-refractivity contribution in [2.45, 2.75) is 45.4 Å². The molecule has 2 rings (SSSR count). The smallest absolute Gasteiger partial charge is 0.242 e. The molecule has 0 aliphatic heterocycles. The molecular weight excluding hydrogens is 463 g/mol. The molecule has 0 unspecified atom stereocenters. The number of nitrogens with one attached hydrogen (secondary N) is 1. The van der Waals surface area contributed by atoms with Crippen LogP contribution in [0.1, 0.15) is 38.3 Å². The van der Waals surface area contributed by atoms with E-state index in [9.17, 15) is 9.59 Å². The highest BCUT2D eigenvalue weighted by Crippen LogP contribution is 2.28. The van der Waals surface area contributed by atoms with Gasteiger partial charge >= 0.3 is 0 Å². The minimum atomic E-state index is -0.491. The molecule has 2 amide bonds. The van der Waals surface area contributed by atoms with Crippen LogP contribution in [0.2, 0.25) is 10.0 Å². The Hall–Kier alpha value is -1.69. The van der Waals surface area contributed by atoms with E-state index in [4.69, 9.17) is 23.2 Å². The first kappa shape index (κ1) is 26.6. The Labute approximate surface area is 206 Å². The number of amides is 2. The molecule has 0 fully saturated rings. The second kappa shape index (κ2) is 13.8. The molecule has 0 bridgehead atoms. The molecule has 0 aromatic heterocycles. The molecule has 0 saturated heterocycles. The number of rotatable bonds is 12. The van der Waals surface area contributed by atoms with Crippen molar-refractivity contribution in [3.8, 4) is 0 Å². The summed E-state index contributed by atoms with van der Waals surface area (Å²) in [7, 11) is 0. The molecular formula is C25H32Cl2N2O2S. The quantitative estimate of drug-likeness (QED) is 0.402. The van der Waals surface area contributed by atoms with Gasteiger partial charge in [0.15, 0.2) is 0 Å². The Morgan fingerprint density at radius 3 is 2.28 bits per heavy atom. The van der Waals surface area contributed by atoms with Crippen LogP contribution in [0.4, 0.5) is 0 Å². The third-order valence-corrected chi connectivity index (χ3v) is 6.74. The Bertz CT molecular complexity index is 857. The molecule has 7 heteroatoms. The number of carbonyl (C=O) groups excluding carboxylic acids is 2.